The van der Waals surface area contributed by atoms with E-state index in [1.165, 1.54) is 10.9 Å². The molecule has 0 aromatic carbocycles. The van der Waals surface area contributed by atoms with Gasteiger partial charge in [-0.2, -0.15) is 0 Å². The maximum atomic E-state index is 4.90. The van der Waals surface area contributed by atoms with Gasteiger partial charge in [-0.05, 0) is 0 Å². The summed E-state index contributed by atoms with van der Waals surface area (Å²) in [4.78, 5) is 0. The molecule has 0 saturated carbocycles. The fourth-order valence-corrected chi connectivity index (χ4v) is 0. The molecule has 0 aliphatic carbocycles. The predicted octanol–water partition coefficient (Wildman–Crippen LogP) is -0.504. The van der Waals surface area contributed by atoms with Crippen molar-refractivity contribution in [2.45, 2.75) is 0 Å². The number of rotatable bonds is 2. The molecular formula is C4H16Br2N4Ni. The SMILES string of the molecule is NCCN.NCCN.[Br][Ni][Br]. The molecule has 0 aliphatic heterocycles. The van der Waals surface area contributed by atoms with Crippen LogP contribution in [0.5, 0.6) is 0 Å². The summed E-state index contributed by atoms with van der Waals surface area (Å²) in [5, 5.41) is 0. The van der Waals surface area contributed by atoms with Crippen molar-refractivity contribution in [3.05, 3.63) is 0 Å². The Morgan fingerprint density at radius 2 is 0.818 bits per heavy atom. The van der Waals surface area contributed by atoms with E-state index in [0.717, 1.165) is 0 Å². The molecule has 0 fully saturated rings. The first-order valence-electron chi connectivity index (χ1n) is 2.87. The van der Waals surface area contributed by atoms with E-state index < -0.39 is 0 Å². The van der Waals surface area contributed by atoms with E-state index in [2.05, 4.69) is 28.5 Å². The molecular weight excluding hydrogens is 323 g/mol. The summed E-state index contributed by atoms with van der Waals surface area (Å²) in [6, 6.07) is 0. The number of halogens is 2. The van der Waals surface area contributed by atoms with Gasteiger partial charge in [0.05, 0.1) is 0 Å². The molecule has 0 radical (unpaired) electrons. The summed E-state index contributed by atoms with van der Waals surface area (Å²) in [6.07, 6.45) is 0. The Kier molecular flexibility index (Phi) is 49.9. The van der Waals surface area contributed by atoms with Gasteiger partial charge in [-0.15, -0.1) is 0 Å². The molecule has 0 bridgehead atoms. The van der Waals surface area contributed by atoms with E-state index in [4.69, 9.17) is 22.9 Å². The van der Waals surface area contributed by atoms with Gasteiger partial charge in [0.2, 0.25) is 0 Å². The van der Waals surface area contributed by atoms with E-state index in [1.807, 2.05) is 0 Å². The van der Waals surface area contributed by atoms with Gasteiger partial charge in [-0.3, -0.25) is 0 Å². The van der Waals surface area contributed by atoms with Crippen LogP contribution in [0.4, 0.5) is 0 Å². The van der Waals surface area contributed by atoms with Crippen LogP contribution in [-0.4, -0.2) is 26.2 Å². The third kappa shape index (κ3) is 89.9. The van der Waals surface area contributed by atoms with Crippen molar-refractivity contribution in [1.29, 1.82) is 0 Å². The number of hydrogen-bond donors (Lipinski definition) is 4. The molecule has 11 heavy (non-hydrogen) atoms. The zero-order chi connectivity index (χ0) is 9.54. The van der Waals surface area contributed by atoms with Gasteiger partial charge in [-0.1, -0.05) is 0 Å². The van der Waals surface area contributed by atoms with Crippen LogP contribution in [0.15, 0.2) is 0 Å². The summed E-state index contributed by atoms with van der Waals surface area (Å²) in [7, 11) is 1.25. The van der Waals surface area contributed by atoms with E-state index in [9.17, 15) is 0 Å². The third-order valence-electron chi connectivity index (χ3n) is 0.333. The monoisotopic (exact) mass is 336 g/mol. The molecule has 0 aromatic heterocycles. The summed E-state index contributed by atoms with van der Waals surface area (Å²) in [6.45, 7) is 2.39. The molecule has 0 saturated heterocycles. The van der Waals surface area contributed by atoms with Crippen molar-refractivity contribution in [3.63, 3.8) is 0 Å². The minimum atomic E-state index is 0.597. The van der Waals surface area contributed by atoms with E-state index >= 15 is 0 Å². The number of nitrogens with two attached hydrogens (primary N) is 4. The fourth-order valence-electron chi connectivity index (χ4n) is 0. The average molecular weight is 339 g/mol. The Labute approximate surface area is 88.2 Å². The van der Waals surface area contributed by atoms with Crippen molar-refractivity contribution in [2.75, 3.05) is 26.2 Å². The first kappa shape index (κ1) is 18.2. The Hall–Kier alpha value is 1.29. The molecule has 76 valence electrons. The van der Waals surface area contributed by atoms with Gasteiger partial charge in [-0.25, -0.2) is 0 Å². The second-order valence-electron chi connectivity index (χ2n) is 1.20. The van der Waals surface area contributed by atoms with Crippen LogP contribution in [-0.2, 0) is 10.9 Å². The van der Waals surface area contributed by atoms with Crippen LogP contribution in [0, 0.1) is 0 Å². The van der Waals surface area contributed by atoms with E-state index in [0.29, 0.717) is 26.2 Å². The predicted molar refractivity (Wildman–Crippen MR) is 54.1 cm³/mol. The van der Waals surface area contributed by atoms with Crippen LogP contribution in [0.2, 0.25) is 0 Å². The van der Waals surface area contributed by atoms with Gasteiger partial charge in [0.1, 0.15) is 0 Å². The zero-order valence-corrected chi connectivity index (χ0v) is 10.4. The van der Waals surface area contributed by atoms with Crippen molar-refractivity contribution in [2.24, 2.45) is 22.9 Å². The van der Waals surface area contributed by atoms with Gasteiger partial charge in [0, 0.05) is 26.2 Å². The van der Waals surface area contributed by atoms with Crippen molar-refractivity contribution in [1.82, 2.24) is 0 Å². The molecule has 0 rings (SSSR count). The normalized spacial score (nSPS) is 7.45. The minimum absolute atomic E-state index is 0.597. The van der Waals surface area contributed by atoms with Crippen molar-refractivity contribution >= 4 is 28.5 Å². The summed E-state index contributed by atoms with van der Waals surface area (Å²) in [5.74, 6) is 0. The second kappa shape index (κ2) is 30.2. The van der Waals surface area contributed by atoms with Gasteiger partial charge in [0.25, 0.3) is 0 Å². The molecule has 0 atom stereocenters. The van der Waals surface area contributed by atoms with Crippen molar-refractivity contribution in [3.8, 4) is 0 Å². The van der Waals surface area contributed by atoms with Crippen LogP contribution in [0.1, 0.15) is 0 Å². The Bertz CT molecular complexity index is 35.3. The topological polar surface area (TPSA) is 104 Å². The molecule has 0 unspecified atom stereocenters. The van der Waals surface area contributed by atoms with Gasteiger partial charge >= 0.3 is 39.3 Å². The van der Waals surface area contributed by atoms with Crippen LogP contribution < -0.4 is 22.9 Å². The molecule has 8 N–H and O–H groups in total. The molecule has 0 heterocycles. The van der Waals surface area contributed by atoms with Gasteiger partial charge < -0.3 is 22.9 Å². The van der Waals surface area contributed by atoms with Crippen LogP contribution in [0.25, 0.3) is 0 Å². The Balaban J connectivity index is -0.0000000886. The fraction of sp³-hybridized carbons (Fsp3) is 1.00. The summed E-state index contributed by atoms with van der Waals surface area (Å²) < 4.78 is 0. The molecule has 4 nitrogen and oxygen atoms in total. The van der Waals surface area contributed by atoms with E-state index in [-0.39, 0.29) is 0 Å². The maximum absolute atomic E-state index is 4.90. The first-order chi connectivity index (χ1) is 5.24. The Morgan fingerprint density at radius 3 is 0.818 bits per heavy atom. The van der Waals surface area contributed by atoms with E-state index in [1.54, 1.807) is 0 Å². The van der Waals surface area contributed by atoms with Gasteiger partial charge in [0.15, 0.2) is 0 Å². The zero-order valence-electron chi connectivity index (χ0n) is 6.21. The summed E-state index contributed by atoms with van der Waals surface area (Å²) >= 11 is 6.00. The van der Waals surface area contributed by atoms with Crippen molar-refractivity contribution < 1.29 is 10.9 Å². The Morgan fingerprint density at radius 1 is 0.727 bits per heavy atom. The number of hydrogen-bond acceptors (Lipinski definition) is 4. The molecule has 7 heteroatoms. The molecule has 0 spiro atoms. The molecule has 0 aliphatic rings. The standard InChI is InChI=1S/2C2H8N2.2BrH.Ni/c2*3-1-2-4;;;/h2*1-4H2;2*1H;/q;;;;+2/p-2. The van der Waals surface area contributed by atoms with Crippen LogP contribution in [0.3, 0.4) is 0 Å². The third-order valence-corrected chi connectivity index (χ3v) is 0.333. The van der Waals surface area contributed by atoms with Crippen LogP contribution >= 0.6 is 28.5 Å². The quantitative estimate of drug-likeness (QED) is 0.509. The molecule has 0 aromatic rings. The second-order valence-corrected chi connectivity index (χ2v) is 6.18. The summed E-state index contributed by atoms with van der Waals surface area (Å²) in [5.41, 5.74) is 19.6. The first-order valence-corrected chi connectivity index (χ1v) is 7.75. The molecule has 0 amide bonds. The average Bonchev–Trinajstić information content (AvgIpc) is 2.06.